The predicted molar refractivity (Wildman–Crippen MR) is 162 cm³/mol. The van der Waals surface area contributed by atoms with Gasteiger partial charge in [-0.3, -0.25) is 4.57 Å². The third-order valence-corrected chi connectivity index (χ3v) is 7.82. The summed E-state index contributed by atoms with van der Waals surface area (Å²) >= 11 is 0. The number of aromatic nitrogens is 4. The second kappa shape index (κ2) is 10.6. The summed E-state index contributed by atoms with van der Waals surface area (Å²) in [6, 6.07) is 24.6. The number of halogens is 5. The summed E-state index contributed by atoms with van der Waals surface area (Å²) in [6.45, 7) is 4.94. The lowest BCUT2D eigenvalue weighted by Crippen LogP contribution is -2.05. The second-order valence-electron chi connectivity index (χ2n) is 10.7. The van der Waals surface area contributed by atoms with Crippen molar-refractivity contribution in [1.29, 1.82) is 0 Å². The molecule has 0 spiro atoms. The lowest BCUT2D eigenvalue weighted by atomic mass is 10.0. The molecule has 0 bridgehead atoms. The first-order valence-corrected chi connectivity index (χ1v) is 14.0. The molecule has 10 heteroatoms. The van der Waals surface area contributed by atoms with Crippen molar-refractivity contribution in [3.8, 4) is 34.1 Å². The standard InChI is InChI=1S/C35H23F5N4O/c1-18-13-14-41-28(15-18)43-26-10-5-4-9-24(26)25-12-11-23(17-27(25)43)45-22-8-6-7-21(16-22)44-20(3)29(19(2)42-44)30-31(36)33(38)35(40)34(39)32(30)37/h4-17H,1-3H3. The Bertz CT molecular complexity index is 2280. The largest absolute Gasteiger partial charge is 0.457 e. The molecule has 7 rings (SSSR count). The number of hydrogen-bond acceptors (Lipinski definition) is 3. The van der Waals surface area contributed by atoms with Crippen LogP contribution in [-0.2, 0) is 0 Å². The highest BCUT2D eigenvalue weighted by Gasteiger charge is 2.30. The molecule has 224 valence electrons. The summed E-state index contributed by atoms with van der Waals surface area (Å²) in [6.07, 6.45) is 1.77. The fourth-order valence-corrected chi connectivity index (χ4v) is 5.80. The minimum atomic E-state index is -2.21. The zero-order chi connectivity index (χ0) is 31.6. The van der Waals surface area contributed by atoms with Crippen LogP contribution in [0.2, 0.25) is 0 Å². The summed E-state index contributed by atoms with van der Waals surface area (Å²) in [4.78, 5) is 4.61. The smallest absolute Gasteiger partial charge is 0.200 e. The van der Waals surface area contributed by atoms with Crippen LogP contribution in [0.5, 0.6) is 11.5 Å². The normalized spacial score (nSPS) is 11.6. The van der Waals surface area contributed by atoms with Crippen molar-refractivity contribution < 1.29 is 26.7 Å². The maximum atomic E-state index is 14.7. The highest BCUT2D eigenvalue weighted by Crippen LogP contribution is 2.38. The van der Waals surface area contributed by atoms with Crippen LogP contribution in [0.15, 0.2) is 85.1 Å². The molecule has 0 N–H and O–H groups in total. The van der Waals surface area contributed by atoms with Crippen molar-refractivity contribution >= 4 is 21.8 Å². The highest BCUT2D eigenvalue weighted by atomic mass is 19.2. The molecule has 0 aliphatic carbocycles. The third kappa shape index (κ3) is 4.52. The number of hydrogen-bond donors (Lipinski definition) is 0. The molecule has 0 fully saturated rings. The Kier molecular flexibility index (Phi) is 6.65. The maximum Gasteiger partial charge on any atom is 0.200 e. The minimum Gasteiger partial charge on any atom is -0.457 e. The average molecular weight is 611 g/mol. The van der Waals surface area contributed by atoms with Crippen LogP contribution in [0, 0.1) is 49.9 Å². The molecule has 7 aromatic rings. The molecule has 3 heterocycles. The van der Waals surface area contributed by atoms with E-state index in [0.717, 1.165) is 33.2 Å². The molecule has 0 aliphatic heterocycles. The number of benzene rings is 4. The molecule has 0 unspecified atom stereocenters. The Balaban J connectivity index is 1.29. The summed E-state index contributed by atoms with van der Waals surface area (Å²) in [7, 11) is 0. The van der Waals surface area contributed by atoms with Gasteiger partial charge in [-0.15, -0.1) is 0 Å². The molecule has 0 saturated heterocycles. The van der Waals surface area contributed by atoms with E-state index in [1.54, 1.807) is 30.5 Å². The Morgan fingerprint density at radius 1 is 0.622 bits per heavy atom. The fourth-order valence-electron chi connectivity index (χ4n) is 5.80. The molecule has 45 heavy (non-hydrogen) atoms. The highest BCUT2D eigenvalue weighted by molar-refractivity contribution is 6.09. The van der Waals surface area contributed by atoms with E-state index in [1.807, 2.05) is 55.5 Å². The van der Waals surface area contributed by atoms with Gasteiger partial charge in [0.25, 0.3) is 0 Å². The zero-order valence-corrected chi connectivity index (χ0v) is 24.2. The van der Waals surface area contributed by atoms with Crippen LogP contribution in [0.3, 0.4) is 0 Å². The second-order valence-corrected chi connectivity index (χ2v) is 10.7. The topological polar surface area (TPSA) is 44.9 Å². The first-order valence-electron chi connectivity index (χ1n) is 14.0. The number of fused-ring (bicyclic) bond motifs is 3. The quantitative estimate of drug-likeness (QED) is 0.111. The molecule has 3 aromatic heterocycles. The van der Waals surface area contributed by atoms with Gasteiger partial charge in [-0.05, 0) is 68.8 Å². The maximum absolute atomic E-state index is 14.7. The molecule has 0 aliphatic rings. The SMILES string of the molecule is Cc1ccnc(-n2c3ccccc3c3ccc(Oc4cccc(-n5nc(C)c(-c6c(F)c(F)c(F)c(F)c6F)c5C)c4)cc32)c1. The number of nitrogens with zero attached hydrogens (tertiary/aromatic N) is 4. The van der Waals surface area contributed by atoms with Gasteiger partial charge in [0.2, 0.25) is 5.82 Å². The zero-order valence-electron chi connectivity index (χ0n) is 24.2. The van der Waals surface area contributed by atoms with E-state index in [0.29, 0.717) is 17.2 Å². The van der Waals surface area contributed by atoms with Crippen molar-refractivity contribution in [3.05, 3.63) is 131 Å². The van der Waals surface area contributed by atoms with Gasteiger partial charge < -0.3 is 4.74 Å². The van der Waals surface area contributed by atoms with Gasteiger partial charge in [0.05, 0.1) is 28.0 Å². The Morgan fingerprint density at radius 2 is 1.31 bits per heavy atom. The van der Waals surface area contributed by atoms with Crippen LogP contribution >= 0.6 is 0 Å². The number of pyridine rings is 1. The van der Waals surface area contributed by atoms with Gasteiger partial charge in [0.1, 0.15) is 17.3 Å². The number of para-hydroxylation sites is 1. The molecular formula is C35H23F5N4O. The van der Waals surface area contributed by atoms with Gasteiger partial charge >= 0.3 is 0 Å². The van der Waals surface area contributed by atoms with E-state index in [4.69, 9.17) is 4.74 Å². The van der Waals surface area contributed by atoms with Gasteiger partial charge in [-0.2, -0.15) is 5.10 Å². The molecule has 5 nitrogen and oxygen atoms in total. The predicted octanol–water partition coefficient (Wildman–Crippen LogP) is 9.44. The summed E-state index contributed by atoms with van der Waals surface area (Å²) in [5.74, 6) is -8.31. The average Bonchev–Trinajstić information content (AvgIpc) is 3.52. The van der Waals surface area contributed by atoms with Crippen LogP contribution in [0.4, 0.5) is 22.0 Å². The van der Waals surface area contributed by atoms with Crippen molar-refractivity contribution in [3.63, 3.8) is 0 Å². The molecule has 4 aromatic carbocycles. The third-order valence-electron chi connectivity index (χ3n) is 7.82. The van der Waals surface area contributed by atoms with Gasteiger partial charge in [-0.25, -0.2) is 31.6 Å². The summed E-state index contributed by atoms with van der Waals surface area (Å²) < 4.78 is 80.9. The molecular weight excluding hydrogens is 587 g/mol. The minimum absolute atomic E-state index is 0.0880. The van der Waals surface area contributed by atoms with Crippen molar-refractivity contribution in [2.75, 3.05) is 0 Å². The number of rotatable bonds is 5. The van der Waals surface area contributed by atoms with Gasteiger partial charge in [0.15, 0.2) is 23.3 Å². The Morgan fingerprint density at radius 3 is 2.07 bits per heavy atom. The number of aryl methyl sites for hydroxylation is 2. The van der Waals surface area contributed by atoms with Gasteiger partial charge in [-0.1, -0.05) is 24.3 Å². The van der Waals surface area contributed by atoms with Gasteiger partial charge in [0, 0.05) is 40.4 Å². The van der Waals surface area contributed by atoms with Crippen LogP contribution in [-0.4, -0.2) is 19.3 Å². The lowest BCUT2D eigenvalue weighted by molar-refractivity contribution is 0.381. The van der Waals surface area contributed by atoms with E-state index in [1.165, 1.54) is 18.5 Å². The van der Waals surface area contributed by atoms with E-state index in [9.17, 15) is 22.0 Å². The van der Waals surface area contributed by atoms with Crippen molar-refractivity contribution in [2.45, 2.75) is 20.8 Å². The number of ether oxygens (including phenoxy) is 1. The van der Waals surface area contributed by atoms with Crippen LogP contribution in [0.25, 0.3) is 44.4 Å². The Hall–Kier alpha value is -5.51. The monoisotopic (exact) mass is 610 g/mol. The fraction of sp³-hybridized carbons (Fsp3) is 0.0857. The van der Waals surface area contributed by atoms with E-state index in [-0.39, 0.29) is 17.0 Å². The first-order chi connectivity index (χ1) is 21.6. The summed E-state index contributed by atoms with van der Waals surface area (Å²) in [5, 5.41) is 6.46. The molecule has 0 saturated carbocycles. The lowest BCUT2D eigenvalue weighted by Gasteiger charge is -2.11. The summed E-state index contributed by atoms with van der Waals surface area (Å²) in [5.41, 5.74) is 2.50. The molecule has 0 atom stereocenters. The van der Waals surface area contributed by atoms with Crippen molar-refractivity contribution in [1.82, 2.24) is 19.3 Å². The van der Waals surface area contributed by atoms with Crippen molar-refractivity contribution in [2.24, 2.45) is 0 Å². The Labute approximate surface area is 253 Å². The van der Waals surface area contributed by atoms with E-state index < -0.39 is 34.6 Å². The molecule has 0 amide bonds. The first kappa shape index (κ1) is 28.3. The van der Waals surface area contributed by atoms with E-state index in [2.05, 4.69) is 20.7 Å². The van der Waals surface area contributed by atoms with Crippen LogP contribution in [0.1, 0.15) is 17.0 Å². The van der Waals surface area contributed by atoms with Crippen LogP contribution < -0.4 is 4.74 Å². The molecule has 0 radical (unpaired) electrons. The van der Waals surface area contributed by atoms with E-state index >= 15 is 0 Å².